The Morgan fingerprint density at radius 2 is 1.81 bits per heavy atom. The molecule has 2 aromatic carbocycles. The standard InChI is InChI=1S/C18H20N4O5/c1-19-17(23)12-3-5-13(6-4-12)21-18(24)15-11-14(22(25)26)7-8-16(15)20-9-10-27-2/h3-8,11,20H,9-10H2,1-2H3,(H,19,23)(H,21,24). The highest BCUT2D eigenvalue weighted by Crippen LogP contribution is 2.23. The third kappa shape index (κ3) is 5.25. The van der Waals surface area contributed by atoms with Gasteiger partial charge in [0.25, 0.3) is 17.5 Å². The molecule has 0 aromatic heterocycles. The Balaban J connectivity index is 2.23. The Morgan fingerprint density at radius 3 is 2.41 bits per heavy atom. The van der Waals surface area contributed by atoms with E-state index in [4.69, 9.17) is 4.74 Å². The molecule has 0 spiro atoms. The number of anilines is 2. The average molecular weight is 372 g/mol. The van der Waals surface area contributed by atoms with Crippen LogP contribution in [-0.2, 0) is 4.74 Å². The maximum atomic E-state index is 12.6. The van der Waals surface area contributed by atoms with Crippen molar-refractivity contribution in [3.8, 4) is 0 Å². The molecule has 2 rings (SSSR count). The maximum absolute atomic E-state index is 12.6. The van der Waals surface area contributed by atoms with Gasteiger partial charge in [-0.25, -0.2) is 0 Å². The van der Waals surface area contributed by atoms with Crippen molar-refractivity contribution in [1.29, 1.82) is 0 Å². The molecular formula is C18H20N4O5. The van der Waals surface area contributed by atoms with E-state index < -0.39 is 10.8 Å². The normalized spacial score (nSPS) is 10.1. The third-order valence-electron chi connectivity index (χ3n) is 3.71. The van der Waals surface area contributed by atoms with Crippen molar-refractivity contribution in [3.05, 3.63) is 63.7 Å². The molecule has 2 amide bonds. The number of amides is 2. The summed E-state index contributed by atoms with van der Waals surface area (Å²) in [6.45, 7) is 0.856. The Morgan fingerprint density at radius 1 is 1.11 bits per heavy atom. The van der Waals surface area contributed by atoms with Crippen molar-refractivity contribution in [3.63, 3.8) is 0 Å². The van der Waals surface area contributed by atoms with Crippen LogP contribution in [0.15, 0.2) is 42.5 Å². The highest BCUT2D eigenvalue weighted by atomic mass is 16.6. The van der Waals surface area contributed by atoms with Gasteiger partial charge in [0.2, 0.25) is 0 Å². The predicted molar refractivity (Wildman–Crippen MR) is 101 cm³/mol. The number of ether oxygens (including phenoxy) is 1. The number of non-ortho nitro benzene ring substituents is 1. The van der Waals surface area contributed by atoms with Crippen LogP contribution in [0.1, 0.15) is 20.7 Å². The fraction of sp³-hybridized carbons (Fsp3) is 0.222. The smallest absolute Gasteiger partial charge is 0.270 e. The molecule has 0 unspecified atom stereocenters. The zero-order chi connectivity index (χ0) is 19.8. The molecule has 0 radical (unpaired) electrons. The number of nitro benzene ring substituents is 1. The Labute approximate surface area is 155 Å². The number of benzene rings is 2. The van der Waals surface area contributed by atoms with Gasteiger partial charge in [0.05, 0.1) is 17.1 Å². The second-order valence-corrected chi connectivity index (χ2v) is 5.52. The minimum atomic E-state index is -0.562. The van der Waals surface area contributed by atoms with Crippen LogP contribution in [0, 0.1) is 10.1 Å². The van der Waals surface area contributed by atoms with Crippen molar-refractivity contribution >= 4 is 28.9 Å². The minimum Gasteiger partial charge on any atom is -0.383 e. The fourth-order valence-corrected chi connectivity index (χ4v) is 2.32. The number of carbonyl (C=O) groups is 2. The molecule has 142 valence electrons. The lowest BCUT2D eigenvalue weighted by atomic mass is 10.1. The molecule has 3 N–H and O–H groups in total. The molecule has 0 saturated carbocycles. The van der Waals surface area contributed by atoms with Crippen LogP contribution in [-0.4, -0.2) is 44.0 Å². The summed E-state index contributed by atoms with van der Waals surface area (Å²) >= 11 is 0. The molecule has 0 fully saturated rings. The van der Waals surface area contributed by atoms with Gasteiger partial charge in [-0.2, -0.15) is 0 Å². The van der Waals surface area contributed by atoms with Crippen LogP contribution in [0.5, 0.6) is 0 Å². The van der Waals surface area contributed by atoms with E-state index in [0.717, 1.165) is 0 Å². The van der Waals surface area contributed by atoms with Crippen LogP contribution in [0.4, 0.5) is 17.1 Å². The zero-order valence-electron chi connectivity index (χ0n) is 14.9. The van der Waals surface area contributed by atoms with Crippen molar-refractivity contribution < 1.29 is 19.2 Å². The molecule has 0 aliphatic heterocycles. The summed E-state index contributed by atoms with van der Waals surface area (Å²) in [4.78, 5) is 34.7. The van der Waals surface area contributed by atoms with E-state index >= 15 is 0 Å². The Bertz CT molecular complexity index is 836. The Kier molecular flexibility index (Phi) is 6.84. The number of nitrogens with zero attached hydrogens (tertiary/aromatic N) is 1. The summed E-state index contributed by atoms with van der Waals surface area (Å²) in [5, 5.41) is 19.2. The maximum Gasteiger partial charge on any atom is 0.270 e. The van der Waals surface area contributed by atoms with Crippen LogP contribution < -0.4 is 16.0 Å². The molecule has 0 aliphatic rings. The van der Waals surface area contributed by atoms with Gasteiger partial charge < -0.3 is 20.7 Å². The van der Waals surface area contributed by atoms with E-state index in [1.807, 2.05) is 0 Å². The molecule has 27 heavy (non-hydrogen) atoms. The van der Waals surface area contributed by atoms with E-state index in [1.54, 1.807) is 31.4 Å². The topological polar surface area (TPSA) is 123 Å². The molecule has 0 aliphatic carbocycles. The summed E-state index contributed by atoms with van der Waals surface area (Å²) in [6, 6.07) is 10.3. The van der Waals surface area contributed by atoms with Crippen LogP contribution in [0.2, 0.25) is 0 Å². The number of hydrogen-bond donors (Lipinski definition) is 3. The van der Waals surface area contributed by atoms with Gasteiger partial charge in [0.15, 0.2) is 0 Å². The first-order valence-electron chi connectivity index (χ1n) is 8.11. The fourth-order valence-electron chi connectivity index (χ4n) is 2.32. The summed E-state index contributed by atoms with van der Waals surface area (Å²) in [5.41, 5.74) is 1.31. The number of nitro groups is 1. The summed E-state index contributed by atoms with van der Waals surface area (Å²) in [6.07, 6.45) is 0. The summed E-state index contributed by atoms with van der Waals surface area (Å²) in [5.74, 6) is -0.748. The number of nitrogens with one attached hydrogen (secondary N) is 3. The molecule has 0 saturated heterocycles. The highest BCUT2D eigenvalue weighted by Gasteiger charge is 2.17. The molecule has 2 aromatic rings. The number of methoxy groups -OCH3 is 1. The van der Waals surface area contributed by atoms with Gasteiger partial charge in [-0.15, -0.1) is 0 Å². The highest BCUT2D eigenvalue weighted by molar-refractivity contribution is 6.08. The number of rotatable bonds is 8. The second-order valence-electron chi connectivity index (χ2n) is 5.52. The van der Waals surface area contributed by atoms with Crippen LogP contribution in [0.3, 0.4) is 0 Å². The van der Waals surface area contributed by atoms with E-state index in [2.05, 4.69) is 16.0 Å². The summed E-state index contributed by atoms with van der Waals surface area (Å²) < 4.78 is 4.96. The van der Waals surface area contributed by atoms with E-state index in [1.165, 1.54) is 25.2 Å². The van der Waals surface area contributed by atoms with Gasteiger partial charge in [0.1, 0.15) is 0 Å². The SMILES string of the molecule is CNC(=O)c1ccc(NC(=O)c2cc([N+](=O)[O-])ccc2NCCOC)cc1. The second kappa shape index (κ2) is 9.30. The van der Waals surface area contributed by atoms with Gasteiger partial charge in [-0.05, 0) is 30.3 Å². The quantitative estimate of drug-likeness (QED) is 0.371. The molecule has 0 atom stereocenters. The monoisotopic (exact) mass is 372 g/mol. The van der Waals surface area contributed by atoms with Crippen molar-refractivity contribution in [2.24, 2.45) is 0 Å². The van der Waals surface area contributed by atoms with Gasteiger partial charge >= 0.3 is 0 Å². The summed E-state index contributed by atoms with van der Waals surface area (Å²) in [7, 11) is 3.08. The van der Waals surface area contributed by atoms with E-state index in [9.17, 15) is 19.7 Å². The third-order valence-corrected chi connectivity index (χ3v) is 3.71. The van der Waals surface area contributed by atoms with Crippen molar-refractivity contribution in [2.45, 2.75) is 0 Å². The first kappa shape index (κ1) is 19.9. The minimum absolute atomic E-state index is 0.135. The van der Waals surface area contributed by atoms with Gasteiger partial charge in [-0.1, -0.05) is 0 Å². The molecular weight excluding hydrogens is 352 g/mol. The van der Waals surface area contributed by atoms with E-state index in [0.29, 0.717) is 30.1 Å². The lowest BCUT2D eigenvalue weighted by molar-refractivity contribution is -0.384. The number of hydrogen-bond acceptors (Lipinski definition) is 6. The molecule has 0 bridgehead atoms. The van der Waals surface area contributed by atoms with Crippen molar-refractivity contribution in [2.75, 3.05) is 37.9 Å². The molecule has 9 heteroatoms. The molecule has 0 heterocycles. The van der Waals surface area contributed by atoms with Crippen LogP contribution >= 0.6 is 0 Å². The van der Waals surface area contributed by atoms with Gasteiger partial charge in [0, 0.05) is 49.8 Å². The van der Waals surface area contributed by atoms with Gasteiger partial charge in [-0.3, -0.25) is 19.7 Å². The number of carbonyl (C=O) groups excluding carboxylic acids is 2. The van der Waals surface area contributed by atoms with Crippen LogP contribution in [0.25, 0.3) is 0 Å². The van der Waals surface area contributed by atoms with E-state index in [-0.39, 0.29) is 17.2 Å². The zero-order valence-corrected chi connectivity index (χ0v) is 14.9. The first-order chi connectivity index (χ1) is 13.0. The largest absolute Gasteiger partial charge is 0.383 e. The average Bonchev–Trinajstić information content (AvgIpc) is 2.68. The lowest BCUT2D eigenvalue weighted by Crippen LogP contribution is -2.18. The molecule has 9 nitrogen and oxygen atoms in total. The first-order valence-corrected chi connectivity index (χ1v) is 8.11. The lowest BCUT2D eigenvalue weighted by Gasteiger charge is -2.12. The Hall–Kier alpha value is -3.46. The predicted octanol–water partition coefficient (Wildman–Crippen LogP) is 2.27. The van der Waals surface area contributed by atoms with Crippen molar-refractivity contribution in [1.82, 2.24) is 5.32 Å².